The summed E-state index contributed by atoms with van der Waals surface area (Å²) in [4.78, 5) is 27.9. The van der Waals surface area contributed by atoms with E-state index in [4.69, 9.17) is 0 Å². The van der Waals surface area contributed by atoms with E-state index in [9.17, 15) is 4.79 Å². The Morgan fingerprint density at radius 1 is 1.04 bits per heavy atom. The number of carbonyl (C=O) groups is 1. The molecule has 3 N–H and O–H groups in total. The summed E-state index contributed by atoms with van der Waals surface area (Å²) < 4.78 is 1.99. The number of H-pyrrole nitrogens is 2. The van der Waals surface area contributed by atoms with Gasteiger partial charge in [-0.3, -0.25) is 15.1 Å². The average Bonchev–Trinajstić information content (AvgIpc) is 3.30. The molecule has 4 aromatic heterocycles. The SMILES string of the molecule is O=C(Nc1nc2ccccc2[nH]1)c1[nH]c(Cc2cccnc2)[n+]2ccccc12. The molecule has 1 aromatic carbocycles. The normalized spacial score (nSPS) is 11.1. The first-order valence-corrected chi connectivity index (χ1v) is 8.94. The molecule has 0 aliphatic carbocycles. The van der Waals surface area contributed by atoms with Gasteiger partial charge < -0.3 is 4.98 Å². The van der Waals surface area contributed by atoms with Crippen molar-refractivity contribution in [3.63, 3.8) is 0 Å². The number of anilines is 1. The van der Waals surface area contributed by atoms with Crippen LogP contribution in [0.4, 0.5) is 5.95 Å². The zero-order valence-corrected chi connectivity index (χ0v) is 14.9. The van der Waals surface area contributed by atoms with Gasteiger partial charge in [0.2, 0.25) is 11.6 Å². The number of imidazole rings is 2. The zero-order valence-electron chi connectivity index (χ0n) is 14.9. The summed E-state index contributed by atoms with van der Waals surface area (Å²) in [6.45, 7) is 0. The number of fused-ring (bicyclic) bond motifs is 2. The minimum Gasteiger partial charge on any atom is -0.324 e. The van der Waals surface area contributed by atoms with Gasteiger partial charge >= 0.3 is 5.91 Å². The molecular formula is C21H17N6O+. The Morgan fingerprint density at radius 3 is 2.79 bits per heavy atom. The van der Waals surface area contributed by atoms with Gasteiger partial charge in [-0.1, -0.05) is 24.3 Å². The summed E-state index contributed by atoms with van der Waals surface area (Å²) in [5.74, 6) is 1.07. The molecular weight excluding hydrogens is 352 g/mol. The van der Waals surface area contributed by atoms with Crippen molar-refractivity contribution in [2.75, 3.05) is 5.32 Å². The second-order valence-corrected chi connectivity index (χ2v) is 6.50. The third-order valence-corrected chi connectivity index (χ3v) is 4.62. The molecule has 0 saturated carbocycles. The van der Waals surface area contributed by atoms with Crippen LogP contribution in [0.25, 0.3) is 16.6 Å². The molecule has 7 heteroatoms. The number of hydrogen-bond acceptors (Lipinski definition) is 3. The molecule has 0 spiro atoms. The maximum absolute atomic E-state index is 12.9. The van der Waals surface area contributed by atoms with Crippen LogP contribution in [-0.4, -0.2) is 25.8 Å². The van der Waals surface area contributed by atoms with Crippen LogP contribution in [0.3, 0.4) is 0 Å². The van der Waals surface area contributed by atoms with Crippen LogP contribution < -0.4 is 9.72 Å². The molecule has 0 radical (unpaired) electrons. The van der Waals surface area contributed by atoms with Gasteiger partial charge in [-0.25, -0.2) is 9.97 Å². The highest BCUT2D eigenvalue weighted by Crippen LogP contribution is 2.15. The van der Waals surface area contributed by atoms with Gasteiger partial charge in [0.1, 0.15) is 0 Å². The number of para-hydroxylation sites is 2. The van der Waals surface area contributed by atoms with Gasteiger partial charge in [0, 0.05) is 12.4 Å². The summed E-state index contributed by atoms with van der Waals surface area (Å²) in [6.07, 6.45) is 6.15. The average molecular weight is 369 g/mol. The van der Waals surface area contributed by atoms with Crippen LogP contribution in [0.1, 0.15) is 21.9 Å². The molecule has 0 fully saturated rings. The van der Waals surface area contributed by atoms with Gasteiger partial charge in [-0.15, -0.1) is 0 Å². The molecule has 5 aromatic rings. The Labute approximate surface area is 160 Å². The summed E-state index contributed by atoms with van der Waals surface area (Å²) in [5.41, 5.74) is 4.03. The summed E-state index contributed by atoms with van der Waals surface area (Å²) in [7, 11) is 0. The number of benzene rings is 1. The topological polar surface area (TPSA) is 90.6 Å². The molecule has 0 atom stereocenters. The van der Waals surface area contributed by atoms with Gasteiger partial charge in [-0.05, 0) is 35.9 Å². The molecule has 0 saturated heterocycles. The predicted octanol–water partition coefficient (Wildman–Crippen LogP) is 2.87. The molecule has 0 bridgehead atoms. The first-order valence-electron chi connectivity index (χ1n) is 8.94. The van der Waals surface area contributed by atoms with Crippen molar-refractivity contribution in [1.29, 1.82) is 0 Å². The molecule has 4 heterocycles. The number of rotatable bonds is 4. The number of aromatic amines is 2. The second kappa shape index (κ2) is 6.62. The lowest BCUT2D eigenvalue weighted by Crippen LogP contribution is -2.24. The summed E-state index contributed by atoms with van der Waals surface area (Å²) in [5, 5.41) is 2.85. The Kier molecular flexibility index (Phi) is 3.83. The third kappa shape index (κ3) is 2.88. The van der Waals surface area contributed by atoms with Gasteiger partial charge in [0.25, 0.3) is 5.82 Å². The number of aromatic nitrogens is 5. The maximum Gasteiger partial charge on any atom is 0.302 e. The molecule has 136 valence electrons. The quantitative estimate of drug-likeness (QED) is 0.426. The molecule has 28 heavy (non-hydrogen) atoms. The Bertz CT molecular complexity index is 1260. The zero-order chi connectivity index (χ0) is 18.9. The van der Waals surface area contributed by atoms with Gasteiger partial charge in [0.15, 0.2) is 5.52 Å². The van der Waals surface area contributed by atoms with Crippen molar-refractivity contribution >= 4 is 28.4 Å². The van der Waals surface area contributed by atoms with E-state index in [-0.39, 0.29) is 5.91 Å². The predicted molar refractivity (Wildman–Crippen MR) is 105 cm³/mol. The number of carbonyl (C=O) groups excluding carboxylic acids is 1. The van der Waals surface area contributed by atoms with Crippen molar-refractivity contribution in [3.05, 3.63) is 90.3 Å². The van der Waals surface area contributed by atoms with E-state index in [0.717, 1.165) is 27.9 Å². The van der Waals surface area contributed by atoms with Crippen molar-refractivity contribution in [1.82, 2.24) is 19.9 Å². The van der Waals surface area contributed by atoms with Crippen molar-refractivity contribution < 1.29 is 9.20 Å². The molecule has 7 nitrogen and oxygen atoms in total. The molecule has 0 unspecified atom stereocenters. The maximum atomic E-state index is 12.9. The van der Waals surface area contributed by atoms with Crippen LogP contribution in [0.2, 0.25) is 0 Å². The fourth-order valence-electron chi connectivity index (χ4n) is 3.33. The standard InChI is InChI=1S/C21H16N6O/c28-20(26-21-23-15-7-1-2-8-16(15)24-21)19-17-9-3-4-11-27(17)18(25-19)12-14-6-5-10-22-13-14/h1-11,13H,12H2,(H2,23,24,26,28)/p+1. The smallest absolute Gasteiger partial charge is 0.302 e. The Balaban J connectivity index is 1.50. The van der Waals surface area contributed by atoms with Crippen LogP contribution in [0.15, 0.2) is 73.2 Å². The van der Waals surface area contributed by atoms with E-state index >= 15 is 0 Å². The van der Waals surface area contributed by atoms with Crippen LogP contribution >= 0.6 is 0 Å². The Morgan fingerprint density at radius 2 is 1.93 bits per heavy atom. The fraction of sp³-hybridized carbons (Fsp3) is 0.0476. The highest BCUT2D eigenvalue weighted by molar-refractivity contribution is 6.06. The second-order valence-electron chi connectivity index (χ2n) is 6.50. The first-order chi connectivity index (χ1) is 13.8. The van der Waals surface area contributed by atoms with Crippen LogP contribution in [-0.2, 0) is 6.42 Å². The molecule has 5 rings (SSSR count). The minimum absolute atomic E-state index is 0.250. The van der Waals surface area contributed by atoms with Crippen LogP contribution in [0, 0.1) is 0 Å². The first kappa shape index (κ1) is 16.2. The van der Waals surface area contributed by atoms with E-state index in [2.05, 4.69) is 25.3 Å². The highest BCUT2D eigenvalue weighted by Gasteiger charge is 2.24. The molecule has 1 amide bonds. The van der Waals surface area contributed by atoms with Crippen molar-refractivity contribution in [2.24, 2.45) is 0 Å². The monoisotopic (exact) mass is 369 g/mol. The Hall–Kier alpha value is -4.00. The van der Waals surface area contributed by atoms with E-state index < -0.39 is 0 Å². The van der Waals surface area contributed by atoms with E-state index in [1.807, 2.05) is 71.4 Å². The van der Waals surface area contributed by atoms with Crippen LogP contribution in [0.5, 0.6) is 0 Å². The van der Waals surface area contributed by atoms with Crippen molar-refractivity contribution in [3.8, 4) is 0 Å². The van der Waals surface area contributed by atoms with Gasteiger partial charge in [0.05, 0.1) is 23.7 Å². The minimum atomic E-state index is -0.250. The lowest BCUT2D eigenvalue weighted by molar-refractivity contribution is -0.520. The summed E-state index contributed by atoms with van der Waals surface area (Å²) >= 11 is 0. The fourth-order valence-corrected chi connectivity index (χ4v) is 3.33. The number of pyridine rings is 2. The van der Waals surface area contributed by atoms with E-state index in [1.54, 1.807) is 6.20 Å². The lowest BCUT2D eigenvalue weighted by atomic mass is 10.2. The molecule has 0 aliphatic rings. The van der Waals surface area contributed by atoms with E-state index in [1.165, 1.54) is 0 Å². The largest absolute Gasteiger partial charge is 0.324 e. The van der Waals surface area contributed by atoms with Crippen molar-refractivity contribution in [2.45, 2.75) is 6.42 Å². The molecule has 0 aliphatic heterocycles. The lowest BCUT2D eigenvalue weighted by Gasteiger charge is -1.96. The third-order valence-electron chi connectivity index (χ3n) is 4.62. The number of nitrogens with zero attached hydrogens (tertiary/aromatic N) is 3. The summed E-state index contributed by atoms with van der Waals surface area (Å²) in [6, 6.07) is 17.3. The number of nitrogens with one attached hydrogen (secondary N) is 3. The van der Waals surface area contributed by atoms with Gasteiger partial charge in [-0.2, -0.15) is 4.40 Å². The number of amides is 1. The highest BCUT2D eigenvalue weighted by atomic mass is 16.2. The number of hydrogen-bond donors (Lipinski definition) is 3. The van der Waals surface area contributed by atoms with E-state index in [0.29, 0.717) is 18.1 Å².